The largest absolute Gasteiger partial charge is 0.383 e. The van der Waals surface area contributed by atoms with Crippen LogP contribution in [0.1, 0.15) is 11.3 Å². The van der Waals surface area contributed by atoms with Gasteiger partial charge >= 0.3 is 0 Å². The number of hydrogen-bond donors (Lipinski definition) is 2. The zero-order valence-electron chi connectivity index (χ0n) is 15.6. The van der Waals surface area contributed by atoms with Gasteiger partial charge in [-0.2, -0.15) is 0 Å². The summed E-state index contributed by atoms with van der Waals surface area (Å²) in [4.78, 5) is 18.4. The molecule has 6 heteroatoms. The molecule has 2 aromatic heterocycles. The highest BCUT2D eigenvalue weighted by atomic mass is 16.5. The van der Waals surface area contributed by atoms with E-state index in [1.807, 2.05) is 6.20 Å². The molecule has 3 aromatic rings. The molecule has 1 aliphatic rings. The second-order valence-electron chi connectivity index (χ2n) is 7.16. The Balaban J connectivity index is 1.54. The van der Waals surface area contributed by atoms with Crippen molar-refractivity contribution in [1.29, 1.82) is 0 Å². The van der Waals surface area contributed by atoms with E-state index in [2.05, 4.69) is 62.4 Å². The van der Waals surface area contributed by atoms with Gasteiger partial charge in [-0.1, -0.05) is 12.1 Å². The van der Waals surface area contributed by atoms with Crippen molar-refractivity contribution in [2.24, 2.45) is 5.92 Å². The highest BCUT2D eigenvalue weighted by molar-refractivity contribution is 5.83. The van der Waals surface area contributed by atoms with Crippen molar-refractivity contribution in [2.45, 2.75) is 19.6 Å². The maximum absolute atomic E-state index is 12.7. The molecule has 0 saturated carbocycles. The summed E-state index contributed by atoms with van der Waals surface area (Å²) in [7, 11) is 1.65. The molecule has 0 radical (unpaired) electrons. The molecule has 6 nitrogen and oxygen atoms in total. The van der Waals surface area contributed by atoms with Crippen LogP contribution in [0.15, 0.2) is 48.8 Å². The minimum atomic E-state index is -0.0825. The van der Waals surface area contributed by atoms with Gasteiger partial charge in [0.25, 0.3) is 0 Å². The molecular formula is C21H26N4O2. The van der Waals surface area contributed by atoms with E-state index in [4.69, 9.17) is 4.74 Å². The number of hydrogen-bond acceptors (Lipinski definition) is 3. The van der Waals surface area contributed by atoms with Gasteiger partial charge in [0.1, 0.15) is 0 Å². The predicted molar refractivity (Wildman–Crippen MR) is 105 cm³/mol. The molecule has 0 spiro atoms. The molecule has 142 valence electrons. The number of rotatable bonds is 6. The van der Waals surface area contributed by atoms with Crippen LogP contribution < -0.4 is 5.32 Å². The molecule has 1 unspecified atom stereocenters. The van der Waals surface area contributed by atoms with Crippen LogP contribution in [0.5, 0.6) is 0 Å². The number of H-pyrrole nitrogens is 1. The lowest BCUT2D eigenvalue weighted by Crippen LogP contribution is -2.39. The molecule has 0 bridgehead atoms. The third-order valence-corrected chi connectivity index (χ3v) is 5.26. The molecule has 2 N–H and O–H groups in total. The monoisotopic (exact) mass is 366 g/mol. The van der Waals surface area contributed by atoms with E-state index in [0.717, 1.165) is 25.2 Å². The Morgan fingerprint density at radius 3 is 3.07 bits per heavy atom. The van der Waals surface area contributed by atoms with Gasteiger partial charge in [-0.05, 0) is 29.8 Å². The van der Waals surface area contributed by atoms with Gasteiger partial charge in [0, 0.05) is 68.8 Å². The van der Waals surface area contributed by atoms with Gasteiger partial charge in [-0.25, -0.2) is 0 Å². The van der Waals surface area contributed by atoms with Crippen LogP contribution in [-0.2, 0) is 29.2 Å². The smallest absolute Gasteiger partial charge is 0.226 e. The maximum atomic E-state index is 12.7. The lowest BCUT2D eigenvalue weighted by Gasteiger charge is -2.24. The summed E-state index contributed by atoms with van der Waals surface area (Å²) in [6, 6.07) is 12.7. The number of carbonyl (C=O) groups is 1. The van der Waals surface area contributed by atoms with Crippen LogP contribution in [0.4, 0.5) is 0 Å². The van der Waals surface area contributed by atoms with Gasteiger partial charge in [-0.3, -0.25) is 9.69 Å². The van der Waals surface area contributed by atoms with Crippen LogP contribution in [0, 0.1) is 5.92 Å². The molecular weight excluding hydrogens is 340 g/mol. The number of benzene rings is 1. The predicted octanol–water partition coefficient (Wildman–Crippen LogP) is 2.36. The third-order valence-electron chi connectivity index (χ3n) is 5.26. The molecule has 1 amide bonds. The number of methoxy groups -OCH3 is 1. The van der Waals surface area contributed by atoms with Gasteiger partial charge in [0.05, 0.1) is 12.5 Å². The average molecular weight is 366 g/mol. The van der Waals surface area contributed by atoms with E-state index < -0.39 is 0 Å². The summed E-state index contributed by atoms with van der Waals surface area (Å²) < 4.78 is 7.25. The minimum absolute atomic E-state index is 0.0825. The second-order valence-corrected chi connectivity index (χ2v) is 7.16. The van der Waals surface area contributed by atoms with Crippen LogP contribution in [0.3, 0.4) is 0 Å². The second kappa shape index (κ2) is 7.98. The van der Waals surface area contributed by atoms with Crippen molar-refractivity contribution in [3.63, 3.8) is 0 Å². The van der Waals surface area contributed by atoms with E-state index in [1.165, 1.54) is 16.6 Å². The van der Waals surface area contributed by atoms with Gasteiger partial charge in [-0.15, -0.1) is 0 Å². The fraction of sp³-hybridized carbons (Fsp3) is 0.381. The highest BCUT2D eigenvalue weighted by Gasteiger charge is 2.26. The molecule has 0 aliphatic carbocycles. The SMILES string of the molecule is COCCNC(=O)C1CN(Cc2cccc3[nH]ccc23)Cc2cccn2C1. The normalized spacial score (nSPS) is 17.6. The van der Waals surface area contributed by atoms with Crippen LogP contribution in [0.2, 0.25) is 0 Å². The van der Waals surface area contributed by atoms with Gasteiger partial charge in [0.2, 0.25) is 5.91 Å². The Morgan fingerprint density at radius 2 is 2.19 bits per heavy atom. The van der Waals surface area contributed by atoms with E-state index >= 15 is 0 Å². The molecule has 1 aromatic carbocycles. The topological polar surface area (TPSA) is 62.3 Å². The highest BCUT2D eigenvalue weighted by Crippen LogP contribution is 2.23. The first kappa shape index (κ1) is 17.8. The Kier molecular flexibility index (Phi) is 5.27. The first-order valence-electron chi connectivity index (χ1n) is 9.42. The molecule has 0 fully saturated rings. The zero-order chi connectivity index (χ0) is 18.6. The number of ether oxygens (including phenoxy) is 1. The quantitative estimate of drug-likeness (QED) is 0.659. The van der Waals surface area contributed by atoms with E-state index in [9.17, 15) is 4.79 Å². The third kappa shape index (κ3) is 3.91. The number of aromatic amines is 1. The number of nitrogens with zero attached hydrogens (tertiary/aromatic N) is 2. The minimum Gasteiger partial charge on any atom is -0.383 e. The lowest BCUT2D eigenvalue weighted by molar-refractivity contribution is -0.126. The lowest BCUT2D eigenvalue weighted by atomic mass is 10.1. The number of amides is 1. The summed E-state index contributed by atoms with van der Waals surface area (Å²) in [5.74, 6) is 0.0133. The van der Waals surface area contributed by atoms with E-state index in [1.54, 1.807) is 7.11 Å². The van der Waals surface area contributed by atoms with Crippen molar-refractivity contribution < 1.29 is 9.53 Å². The first-order chi connectivity index (χ1) is 13.2. The average Bonchev–Trinajstić information content (AvgIpc) is 3.28. The number of aromatic nitrogens is 2. The summed E-state index contributed by atoms with van der Waals surface area (Å²) in [6.07, 6.45) is 4.05. The molecule has 0 saturated heterocycles. The Hall–Kier alpha value is -2.57. The molecule has 3 heterocycles. The van der Waals surface area contributed by atoms with E-state index in [-0.39, 0.29) is 11.8 Å². The van der Waals surface area contributed by atoms with Gasteiger partial charge in [0.15, 0.2) is 0 Å². The fourth-order valence-electron chi connectivity index (χ4n) is 3.91. The number of carbonyl (C=O) groups excluding carboxylic acids is 1. The van der Waals surface area contributed by atoms with Crippen LogP contribution in [-0.4, -0.2) is 47.2 Å². The molecule has 1 atom stereocenters. The van der Waals surface area contributed by atoms with Crippen LogP contribution in [0.25, 0.3) is 10.9 Å². The van der Waals surface area contributed by atoms with Crippen LogP contribution >= 0.6 is 0 Å². The zero-order valence-corrected chi connectivity index (χ0v) is 15.6. The van der Waals surface area contributed by atoms with Crippen molar-refractivity contribution >= 4 is 16.8 Å². The fourth-order valence-corrected chi connectivity index (χ4v) is 3.91. The molecule has 27 heavy (non-hydrogen) atoms. The molecule has 4 rings (SSSR count). The van der Waals surface area contributed by atoms with Crippen molar-refractivity contribution in [1.82, 2.24) is 19.8 Å². The summed E-state index contributed by atoms with van der Waals surface area (Å²) >= 11 is 0. The van der Waals surface area contributed by atoms with Crippen molar-refractivity contribution in [3.05, 3.63) is 60.0 Å². The summed E-state index contributed by atoms with van der Waals surface area (Å²) in [6.45, 7) is 4.20. The summed E-state index contributed by atoms with van der Waals surface area (Å²) in [5, 5.41) is 4.25. The standard InChI is InChI=1S/C21H26N4O2/c1-27-11-9-23-21(26)17-13-24(15-18-5-3-10-25(18)14-17)12-16-4-2-6-20-19(16)7-8-22-20/h2-8,10,17,22H,9,11-15H2,1H3,(H,23,26). The Bertz CT molecular complexity index is 914. The first-order valence-corrected chi connectivity index (χ1v) is 9.42. The maximum Gasteiger partial charge on any atom is 0.226 e. The summed E-state index contributed by atoms with van der Waals surface area (Å²) in [5.41, 5.74) is 3.69. The van der Waals surface area contributed by atoms with Gasteiger partial charge < -0.3 is 19.6 Å². The number of fused-ring (bicyclic) bond motifs is 2. The van der Waals surface area contributed by atoms with E-state index in [0.29, 0.717) is 19.7 Å². The number of nitrogens with one attached hydrogen (secondary N) is 2. The Morgan fingerprint density at radius 1 is 1.26 bits per heavy atom. The van der Waals surface area contributed by atoms with Crippen molar-refractivity contribution in [2.75, 3.05) is 26.8 Å². The van der Waals surface area contributed by atoms with Crippen molar-refractivity contribution in [3.8, 4) is 0 Å². The molecule has 1 aliphatic heterocycles. The Labute approximate surface area is 159 Å².